The van der Waals surface area contributed by atoms with Gasteiger partial charge in [-0.05, 0) is 29.8 Å². The van der Waals surface area contributed by atoms with Crippen LogP contribution < -0.4 is 0 Å². The fourth-order valence-electron chi connectivity index (χ4n) is 3.56. The minimum absolute atomic E-state index is 0.153. The van der Waals surface area contributed by atoms with Gasteiger partial charge in [-0.15, -0.1) is 0 Å². The monoisotopic (exact) mass is 373 g/mol. The van der Waals surface area contributed by atoms with Crippen molar-refractivity contribution in [3.63, 3.8) is 0 Å². The van der Waals surface area contributed by atoms with Crippen LogP contribution in [0.3, 0.4) is 0 Å². The Labute approximate surface area is 141 Å². The number of alkyl halides is 1. The molecule has 0 bridgehead atoms. The van der Waals surface area contributed by atoms with Crippen LogP contribution in [0.4, 0.5) is 4.39 Å². The molecular weight excluding hydrogens is 361 g/mol. The van der Waals surface area contributed by atoms with Crippen molar-refractivity contribution in [2.75, 3.05) is 0 Å². The Morgan fingerprint density at radius 3 is 1.96 bits per heavy atom. The third kappa shape index (κ3) is 1.99. The van der Waals surface area contributed by atoms with Gasteiger partial charge in [0, 0.05) is 17.3 Å². The van der Waals surface area contributed by atoms with Gasteiger partial charge in [0.1, 0.15) is 6.17 Å². The number of fused-ring (bicyclic) bond motifs is 1. The van der Waals surface area contributed by atoms with E-state index in [1.807, 2.05) is 24.3 Å². The molecule has 0 unspecified atom stereocenters. The molecule has 1 aliphatic heterocycles. The highest BCUT2D eigenvalue weighted by Crippen LogP contribution is 2.50. The Morgan fingerprint density at radius 1 is 0.957 bits per heavy atom. The van der Waals surface area contributed by atoms with Gasteiger partial charge in [-0.3, -0.25) is 14.5 Å². The average molecular weight is 374 g/mol. The van der Waals surface area contributed by atoms with Gasteiger partial charge in [0.25, 0.3) is 11.8 Å². The number of halogens is 2. The van der Waals surface area contributed by atoms with E-state index in [0.29, 0.717) is 11.1 Å². The summed E-state index contributed by atoms with van der Waals surface area (Å²) in [5, 5.41) is 0. The third-order valence-electron chi connectivity index (χ3n) is 4.72. The number of hydrogen-bond donors (Lipinski definition) is 0. The maximum atomic E-state index is 13.8. The lowest BCUT2D eigenvalue weighted by Gasteiger charge is -2.49. The highest BCUT2D eigenvalue weighted by Gasteiger charge is 2.57. The second kappa shape index (κ2) is 4.99. The number of rotatable bonds is 2. The molecular formula is C18H13BrFNO2. The third-order valence-corrected chi connectivity index (χ3v) is 5.25. The van der Waals surface area contributed by atoms with Crippen LogP contribution >= 0.6 is 15.9 Å². The molecule has 0 N–H and O–H groups in total. The molecule has 1 heterocycles. The van der Waals surface area contributed by atoms with Crippen molar-refractivity contribution in [1.82, 2.24) is 4.90 Å². The Hall–Kier alpha value is -2.01. The number of nitrogens with zero attached hydrogens (tertiary/aromatic N) is 1. The summed E-state index contributed by atoms with van der Waals surface area (Å²) in [7, 11) is 0. The van der Waals surface area contributed by atoms with Crippen molar-refractivity contribution in [3.05, 3.63) is 69.7 Å². The van der Waals surface area contributed by atoms with E-state index < -0.39 is 11.7 Å². The van der Waals surface area contributed by atoms with Gasteiger partial charge >= 0.3 is 0 Å². The zero-order valence-electron chi connectivity index (χ0n) is 12.1. The second-order valence-corrected chi connectivity index (χ2v) is 6.95. The van der Waals surface area contributed by atoms with Crippen molar-refractivity contribution in [1.29, 1.82) is 0 Å². The molecule has 2 aliphatic rings. The number of carbonyl (C=O) groups is 2. The summed E-state index contributed by atoms with van der Waals surface area (Å²) < 4.78 is 14.7. The first-order chi connectivity index (χ1) is 11.0. The van der Waals surface area contributed by atoms with Crippen LogP contribution in [0.1, 0.15) is 39.1 Å². The molecule has 0 saturated heterocycles. The molecule has 2 amide bonds. The van der Waals surface area contributed by atoms with Crippen LogP contribution in [0.25, 0.3) is 0 Å². The molecule has 1 fully saturated rings. The van der Waals surface area contributed by atoms with E-state index in [9.17, 15) is 14.0 Å². The number of amides is 2. The van der Waals surface area contributed by atoms with Crippen molar-refractivity contribution in [2.45, 2.75) is 24.6 Å². The summed E-state index contributed by atoms with van der Waals surface area (Å²) in [6.07, 6.45) is -0.692. The number of carbonyl (C=O) groups excluding carboxylic acids is 2. The lowest BCUT2D eigenvalue weighted by atomic mass is 9.69. The molecule has 116 valence electrons. The van der Waals surface area contributed by atoms with Crippen LogP contribution in [0.2, 0.25) is 0 Å². The highest BCUT2D eigenvalue weighted by atomic mass is 79.9. The van der Waals surface area contributed by atoms with Crippen LogP contribution in [0.5, 0.6) is 0 Å². The normalized spacial score (nSPS) is 26.2. The first-order valence-electron chi connectivity index (χ1n) is 7.41. The fraction of sp³-hybridized carbons (Fsp3) is 0.222. The van der Waals surface area contributed by atoms with Crippen LogP contribution in [-0.2, 0) is 5.54 Å². The maximum absolute atomic E-state index is 13.8. The van der Waals surface area contributed by atoms with E-state index in [2.05, 4.69) is 15.9 Å². The van der Waals surface area contributed by atoms with Crippen LogP contribution in [0.15, 0.2) is 53.0 Å². The van der Waals surface area contributed by atoms with Crippen molar-refractivity contribution >= 4 is 27.7 Å². The summed E-state index contributed by atoms with van der Waals surface area (Å²) in [6, 6.07) is 14.2. The van der Waals surface area contributed by atoms with Gasteiger partial charge in [-0.25, -0.2) is 4.39 Å². The summed E-state index contributed by atoms with van der Waals surface area (Å²) in [5.41, 5.74) is 0.713. The van der Waals surface area contributed by atoms with Gasteiger partial charge in [0.05, 0.1) is 16.7 Å². The van der Waals surface area contributed by atoms with Crippen LogP contribution in [0, 0.1) is 0 Å². The average Bonchev–Trinajstić information content (AvgIpc) is 2.77. The van der Waals surface area contributed by atoms with Gasteiger partial charge < -0.3 is 0 Å². The van der Waals surface area contributed by atoms with E-state index in [0.717, 1.165) is 10.0 Å². The molecule has 0 spiro atoms. The van der Waals surface area contributed by atoms with Gasteiger partial charge in [-0.1, -0.05) is 40.2 Å². The minimum Gasteiger partial charge on any atom is -0.269 e. The lowest BCUT2D eigenvalue weighted by Crippen LogP contribution is -2.58. The molecule has 23 heavy (non-hydrogen) atoms. The number of imide groups is 1. The lowest BCUT2D eigenvalue weighted by molar-refractivity contribution is -0.0172. The second-order valence-electron chi connectivity index (χ2n) is 6.04. The highest BCUT2D eigenvalue weighted by molar-refractivity contribution is 9.10. The molecule has 2 aromatic carbocycles. The molecule has 1 saturated carbocycles. The van der Waals surface area contributed by atoms with E-state index in [4.69, 9.17) is 0 Å². The zero-order valence-corrected chi connectivity index (χ0v) is 13.7. The Balaban J connectivity index is 1.82. The number of hydrogen-bond acceptors (Lipinski definition) is 2. The Morgan fingerprint density at radius 2 is 1.48 bits per heavy atom. The molecule has 2 aromatic rings. The summed E-state index contributed by atoms with van der Waals surface area (Å²) in [6.45, 7) is 0. The van der Waals surface area contributed by atoms with Crippen molar-refractivity contribution in [3.8, 4) is 0 Å². The maximum Gasteiger partial charge on any atom is 0.262 e. The van der Waals surface area contributed by atoms with E-state index >= 15 is 0 Å². The van der Waals surface area contributed by atoms with Gasteiger partial charge in [-0.2, -0.15) is 0 Å². The first-order valence-corrected chi connectivity index (χ1v) is 8.20. The largest absolute Gasteiger partial charge is 0.269 e. The van der Waals surface area contributed by atoms with E-state index in [-0.39, 0.29) is 24.7 Å². The van der Waals surface area contributed by atoms with Gasteiger partial charge in [0.2, 0.25) is 0 Å². The molecule has 0 atom stereocenters. The quantitative estimate of drug-likeness (QED) is 0.744. The number of benzene rings is 2. The molecule has 4 rings (SSSR count). The molecule has 0 aromatic heterocycles. The SMILES string of the molecule is O=C1c2ccccc2C(=O)N1[C@]1(c2ccc(Br)cc2)C[C@H](F)C1. The van der Waals surface area contributed by atoms with Crippen LogP contribution in [-0.4, -0.2) is 22.9 Å². The topological polar surface area (TPSA) is 37.4 Å². The Bertz CT molecular complexity index is 777. The summed E-state index contributed by atoms with van der Waals surface area (Å²) in [5.74, 6) is -0.666. The predicted molar refractivity (Wildman–Crippen MR) is 86.9 cm³/mol. The molecule has 0 radical (unpaired) electrons. The first kappa shape index (κ1) is 14.6. The standard InChI is InChI=1S/C18H13BrFNO2/c19-12-7-5-11(6-8-12)18(9-13(20)10-18)21-16(22)14-3-1-2-4-15(14)17(21)23/h1-8,13H,9-10H2/t13-,18+. The smallest absolute Gasteiger partial charge is 0.262 e. The fourth-order valence-corrected chi connectivity index (χ4v) is 3.82. The predicted octanol–water partition coefficient (Wildman–Crippen LogP) is 4.07. The zero-order chi connectivity index (χ0) is 16.2. The minimum atomic E-state index is -0.997. The Kier molecular flexibility index (Phi) is 3.17. The molecule has 3 nitrogen and oxygen atoms in total. The van der Waals surface area contributed by atoms with Crippen molar-refractivity contribution < 1.29 is 14.0 Å². The van der Waals surface area contributed by atoms with Gasteiger partial charge in [0.15, 0.2) is 0 Å². The van der Waals surface area contributed by atoms with E-state index in [1.165, 1.54) is 4.90 Å². The summed E-state index contributed by atoms with van der Waals surface area (Å²) in [4.78, 5) is 26.8. The molecule has 1 aliphatic carbocycles. The molecule has 5 heteroatoms. The van der Waals surface area contributed by atoms with E-state index in [1.54, 1.807) is 24.3 Å². The van der Waals surface area contributed by atoms with Crippen molar-refractivity contribution in [2.24, 2.45) is 0 Å². The summed E-state index contributed by atoms with van der Waals surface area (Å²) >= 11 is 3.37.